The molecule has 0 bridgehead atoms. The molecule has 1 N–H and O–H groups in total. The number of rotatable bonds is 4. The number of aliphatic hydroxyl groups excluding tert-OH is 1. The van der Waals surface area contributed by atoms with E-state index in [0.717, 1.165) is 29.3 Å². The summed E-state index contributed by atoms with van der Waals surface area (Å²) in [6.07, 6.45) is 3.01. The van der Waals surface area contributed by atoms with E-state index in [4.69, 9.17) is 9.26 Å². The molecule has 31 heavy (non-hydrogen) atoms. The maximum absolute atomic E-state index is 12.3. The van der Waals surface area contributed by atoms with E-state index in [0.29, 0.717) is 24.8 Å². The van der Waals surface area contributed by atoms with E-state index in [9.17, 15) is 9.90 Å². The van der Waals surface area contributed by atoms with Crippen molar-refractivity contribution in [3.8, 4) is 11.4 Å². The van der Waals surface area contributed by atoms with E-state index in [1.54, 1.807) is 15.8 Å². The van der Waals surface area contributed by atoms with Crippen molar-refractivity contribution in [3.05, 3.63) is 30.3 Å². The van der Waals surface area contributed by atoms with Crippen LogP contribution in [0.5, 0.6) is 0 Å². The average molecular weight is 428 g/mol. The molecule has 3 heterocycles. The van der Waals surface area contributed by atoms with Crippen molar-refractivity contribution in [2.75, 3.05) is 19.7 Å². The molecule has 3 aromatic rings. The standard InChI is InChI=1S/C22H29N5O4/c1-14(13-28)27-18-11-16(5-6-17(18)12-23-27)19-24-20(31-25-19)15-7-9-26(10-8-15)21(29)30-22(2,3)4/h5-6,11-12,14-15,28H,7-10,13H2,1-4H3. The minimum absolute atomic E-state index is 0.00928. The maximum atomic E-state index is 12.3. The van der Waals surface area contributed by atoms with Crippen LogP contribution in [-0.2, 0) is 4.74 Å². The molecule has 1 saturated heterocycles. The van der Waals surface area contributed by atoms with Crippen LogP contribution in [0.3, 0.4) is 0 Å². The van der Waals surface area contributed by atoms with Gasteiger partial charge in [-0.2, -0.15) is 10.1 Å². The Morgan fingerprint density at radius 3 is 2.74 bits per heavy atom. The van der Waals surface area contributed by atoms with Crippen LogP contribution in [-0.4, -0.2) is 61.3 Å². The monoisotopic (exact) mass is 427 g/mol. The average Bonchev–Trinajstić information content (AvgIpc) is 3.39. The predicted octanol–water partition coefficient (Wildman–Crippen LogP) is 3.75. The Bertz CT molecular complexity index is 1060. The zero-order valence-electron chi connectivity index (χ0n) is 18.4. The third kappa shape index (κ3) is 4.56. The summed E-state index contributed by atoms with van der Waals surface area (Å²) in [5, 5.41) is 19.0. The maximum Gasteiger partial charge on any atom is 0.410 e. The van der Waals surface area contributed by atoms with Gasteiger partial charge in [-0.05, 0) is 46.6 Å². The van der Waals surface area contributed by atoms with Crippen LogP contribution in [0.25, 0.3) is 22.3 Å². The van der Waals surface area contributed by atoms with Crippen LogP contribution in [0.1, 0.15) is 58.4 Å². The number of hydrogen-bond acceptors (Lipinski definition) is 7. The van der Waals surface area contributed by atoms with Gasteiger partial charge in [-0.25, -0.2) is 4.79 Å². The molecule has 9 heteroatoms. The van der Waals surface area contributed by atoms with Gasteiger partial charge >= 0.3 is 6.09 Å². The summed E-state index contributed by atoms with van der Waals surface area (Å²) in [5.74, 6) is 1.23. The van der Waals surface area contributed by atoms with Crippen LogP contribution in [0, 0.1) is 0 Å². The molecule has 0 radical (unpaired) electrons. The third-order valence-corrected chi connectivity index (χ3v) is 5.48. The summed E-state index contributed by atoms with van der Waals surface area (Å²) >= 11 is 0. The number of piperidine rings is 1. The van der Waals surface area contributed by atoms with Crippen molar-refractivity contribution in [1.29, 1.82) is 0 Å². The smallest absolute Gasteiger partial charge is 0.410 e. The highest BCUT2D eigenvalue weighted by molar-refractivity contribution is 5.83. The van der Waals surface area contributed by atoms with Crippen LogP contribution < -0.4 is 0 Å². The number of fused-ring (bicyclic) bond motifs is 1. The van der Waals surface area contributed by atoms with E-state index in [-0.39, 0.29) is 24.7 Å². The molecule has 166 valence electrons. The van der Waals surface area contributed by atoms with E-state index in [1.807, 2.05) is 45.9 Å². The molecule has 1 unspecified atom stereocenters. The summed E-state index contributed by atoms with van der Waals surface area (Å²) in [7, 11) is 0. The molecule has 1 fully saturated rings. The molecule has 1 amide bonds. The normalized spacial score (nSPS) is 16.6. The van der Waals surface area contributed by atoms with Gasteiger partial charge < -0.3 is 19.3 Å². The van der Waals surface area contributed by atoms with Crippen LogP contribution >= 0.6 is 0 Å². The molecule has 1 atom stereocenters. The molecule has 4 rings (SSSR count). The van der Waals surface area contributed by atoms with Crippen molar-refractivity contribution in [2.45, 2.75) is 58.1 Å². The zero-order chi connectivity index (χ0) is 22.2. The number of carbonyl (C=O) groups excluding carboxylic acids is 1. The molecular formula is C22H29N5O4. The Morgan fingerprint density at radius 2 is 2.06 bits per heavy atom. The number of amides is 1. The second-order valence-electron chi connectivity index (χ2n) is 9.09. The molecule has 0 saturated carbocycles. The fourth-order valence-corrected chi connectivity index (χ4v) is 3.76. The SMILES string of the molecule is CC(CO)n1ncc2ccc(-c3noc(C4CCN(C(=O)OC(C)(C)C)CC4)n3)cc21. The fraction of sp³-hybridized carbons (Fsp3) is 0.545. The lowest BCUT2D eigenvalue weighted by molar-refractivity contribution is 0.0198. The highest BCUT2D eigenvalue weighted by Gasteiger charge is 2.30. The lowest BCUT2D eigenvalue weighted by Gasteiger charge is -2.32. The number of likely N-dealkylation sites (tertiary alicyclic amines) is 1. The molecule has 0 aliphatic carbocycles. The van der Waals surface area contributed by atoms with Crippen molar-refractivity contribution in [2.24, 2.45) is 0 Å². The second-order valence-corrected chi connectivity index (χ2v) is 9.09. The number of benzene rings is 1. The lowest BCUT2D eigenvalue weighted by Crippen LogP contribution is -2.41. The van der Waals surface area contributed by atoms with Crippen molar-refractivity contribution in [3.63, 3.8) is 0 Å². The van der Waals surface area contributed by atoms with Crippen LogP contribution in [0.2, 0.25) is 0 Å². The van der Waals surface area contributed by atoms with E-state index in [1.165, 1.54) is 0 Å². The molecule has 1 aromatic carbocycles. The van der Waals surface area contributed by atoms with E-state index >= 15 is 0 Å². The molecule has 1 aliphatic rings. The van der Waals surface area contributed by atoms with Gasteiger partial charge in [0.15, 0.2) is 0 Å². The Balaban J connectivity index is 1.46. The zero-order valence-corrected chi connectivity index (χ0v) is 18.4. The highest BCUT2D eigenvalue weighted by Crippen LogP contribution is 2.30. The van der Waals surface area contributed by atoms with Gasteiger partial charge in [-0.3, -0.25) is 4.68 Å². The Hall–Kier alpha value is -2.94. The van der Waals surface area contributed by atoms with Crippen LogP contribution in [0.15, 0.2) is 28.9 Å². The first-order valence-corrected chi connectivity index (χ1v) is 10.6. The number of ether oxygens (including phenoxy) is 1. The van der Waals surface area contributed by atoms with Gasteiger partial charge in [0.25, 0.3) is 0 Å². The Morgan fingerprint density at radius 1 is 1.32 bits per heavy atom. The van der Waals surface area contributed by atoms with Gasteiger partial charge in [0.2, 0.25) is 11.7 Å². The number of aliphatic hydroxyl groups is 1. The number of nitrogens with zero attached hydrogens (tertiary/aromatic N) is 5. The summed E-state index contributed by atoms with van der Waals surface area (Å²) in [4.78, 5) is 18.6. The van der Waals surface area contributed by atoms with Gasteiger partial charge in [0.05, 0.1) is 24.4 Å². The summed E-state index contributed by atoms with van der Waals surface area (Å²) in [6.45, 7) is 8.72. The quantitative estimate of drug-likeness (QED) is 0.676. The highest BCUT2D eigenvalue weighted by atomic mass is 16.6. The Kier molecular flexibility index (Phi) is 5.70. The van der Waals surface area contributed by atoms with Gasteiger partial charge in [0.1, 0.15) is 5.60 Å². The predicted molar refractivity (Wildman–Crippen MR) is 115 cm³/mol. The Labute approximate surface area is 181 Å². The summed E-state index contributed by atoms with van der Waals surface area (Å²) in [6, 6.07) is 5.75. The van der Waals surface area contributed by atoms with Crippen LogP contribution in [0.4, 0.5) is 4.79 Å². The minimum Gasteiger partial charge on any atom is -0.444 e. The van der Waals surface area contributed by atoms with Gasteiger partial charge in [-0.15, -0.1) is 0 Å². The molecular weight excluding hydrogens is 398 g/mol. The van der Waals surface area contributed by atoms with Gasteiger partial charge in [0, 0.05) is 30.0 Å². The minimum atomic E-state index is -0.499. The first-order chi connectivity index (χ1) is 14.7. The topological polar surface area (TPSA) is 107 Å². The largest absolute Gasteiger partial charge is 0.444 e. The number of carbonyl (C=O) groups is 1. The first-order valence-electron chi connectivity index (χ1n) is 10.6. The van der Waals surface area contributed by atoms with Crippen molar-refractivity contribution in [1.82, 2.24) is 24.8 Å². The second kappa shape index (κ2) is 8.30. The summed E-state index contributed by atoms with van der Waals surface area (Å²) in [5.41, 5.74) is 1.25. The first kappa shape index (κ1) is 21.3. The molecule has 2 aromatic heterocycles. The number of aromatic nitrogens is 4. The summed E-state index contributed by atoms with van der Waals surface area (Å²) < 4.78 is 12.8. The van der Waals surface area contributed by atoms with E-state index in [2.05, 4.69) is 15.2 Å². The molecule has 9 nitrogen and oxygen atoms in total. The molecule has 0 spiro atoms. The van der Waals surface area contributed by atoms with Crippen molar-refractivity contribution < 1.29 is 19.2 Å². The fourth-order valence-electron chi connectivity index (χ4n) is 3.76. The third-order valence-electron chi connectivity index (χ3n) is 5.48. The van der Waals surface area contributed by atoms with Crippen molar-refractivity contribution >= 4 is 17.0 Å². The molecule has 1 aliphatic heterocycles. The van der Waals surface area contributed by atoms with Gasteiger partial charge in [-0.1, -0.05) is 17.3 Å². The lowest BCUT2D eigenvalue weighted by atomic mass is 9.97. The van der Waals surface area contributed by atoms with E-state index < -0.39 is 5.60 Å². The number of hydrogen-bond donors (Lipinski definition) is 1.